The molecule has 0 aromatic carbocycles. The lowest BCUT2D eigenvalue weighted by atomic mass is 10.1. The van der Waals surface area contributed by atoms with Gasteiger partial charge in [-0.3, -0.25) is 4.98 Å². The molecule has 2 aromatic heterocycles. The number of rotatable bonds is 5. The van der Waals surface area contributed by atoms with Gasteiger partial charge in [-0.25, -0.2) is 4.98 Å². The monoisotopic (exact) mass is 326 g/mol. The number of nitrogens with one attached hydrogen (secondary N) is 1. The molecule has 0 bridgehead atoms. The van der Waals surface area contributed by atoms with Crippen molar-refractivity contribution in [2.45, 2.75) is 39.3 Å². The highest BCUT2D eigenvalue weighted by molar-refractivity contribution is 5.48. The van der Waals surface area contributed by atoms with E-state index in [1.165, 1.54) is 0 Å². The number of aromatic nitrogens is 2. The van der Waals surface area contributed by atoms with Gasteiger partial charge in [0.1, 0.15) is 6.10 Å². The number of pyridine rings is 2. The lowest BCUT2D eigenvalue weighted by molar-refractivity contribution is 0.110. The van der Waals surface area contributed by atoms with E-state index in [4.69, 9.17) is 4.74 Å². The van der Waals surface area contributed by atoms with Crippen molar-refractivity contribution >= 4 is 5.69 Å². The first-order valence-electron chi connectivity index (χ1n) is 8.58. The number of hydrogen-bond donors (Lipinski definition) is 1. The van der Waals surface area contributed by atoms with Crippen molar-refractivity contribution in [3.63, 3.8) is 0 Å². The van der Waals surface area contributed by atoms with Crippen molar-refractivity contribution in [3.05, 3.63) is 47.4 Å². The number of likely N-dealkylation sites (tertiary alicyclic amines) is 1. The Labute approximate surface area is 144 Å². The van der Waals surface area contributed by atoms with E-state index in [-0.39, 0.29) is 0 Å². The minimum Gasteiger partial charge on any atom is -0.474 e. The topological polar surface area (TPSA) is 50.3 Å². The highest BCUT2D eigenvalue weighted by Gasteiger charge is 2.18. The van der Waals surface area contributed by atoms with Gasteiger partial charge in [0.2, 0.25) is 5.88 Å². The summed E-state index contributed by atoms with van der Waals surface area (Å²) in [5, 5.41) is 3.41. The Morgan fingerprint density at radius 1 is 1.17 bits per heavy atom. The molecule has 1 N–H and O–H groups in total. The molecule has 5 nitrogen and oxygen atoms in total. The summed E-state index contributed by atoms with van der Waals surface area (Å²) in [6, 6.07) is 8.13. The fourth-order valence-electron chi connectivity index (χ4n) is 2.93. The van der Waals surface area contributed by atoms with E-state index < -0.39 is 0 Å². The lowest BCUT2D eigenvalue weighted by Gasteiger charge is -2.28. The zero-order valence-corrected chi connectivity index (χ0v) is 14.7. The van der Waals surface area contributed by atoms with Crippen molar-refractivity contribution in [2.75, 3.05) is 25.5 Å². The maximum Gasteiger partial charge on any atom is 0.213 e. The van der Waals surface area contributed by atoms with Gasteiger partial charge in [-0.2, -0.15) is 0 Å². The average molecular weight is 326 g/mol. The third-order valence-corrected chi connectivity index (χ3v) is 4.46. The molecule has 1 aliphatic heterocycles. The molecular weight excluding hydrogens is 300 g/mol. The normalized spacial score (nSPS) is 16.1. The SMILES string of the molecule is Cc1ccc(NCc2ccc(OC3CCN(C)CC3)nc2)c(C)n1. The zero-order valence-electron chi connectivity index (χ0n) is 14.7. The van der Waals surface area contributed by atoms with E-state index in [1.807, 2.05) is 32.2 Å². The van der Waals surface area contributed by atoms with Crippen LogP contribution in [0.5, 0.6) is 5.88 Å². The summed E-state index contributed by atoms with van der Waals surface area (Å²) in [6.45, 7) is 6.94. The van der Waals surface area contributed by atoms with Gasteiger partial charge in [-0.15, -0.1) is 0 Å². The molecule has 128 valence electrons. The second-order valence-electron chi connectivity index (χ2n) is 6.56. The number of ether oxygens (including phenoxy) is 1. The van der Waals surface area contributed by atoms with Crippen LogP contribution in [-0.2, 0) is 6.54 Å². The summed E-state index contributed by atoms with van der Waals surface area (Å²) in [5.41, 5.74) is 4.25. The standard InChI is InChI=1S/C19H26N4O/c1-14-4-6-18(15(2)22-14)20-12-16-5-7-19(21-13-16)24-17-8-10-23(3)11-9-17/h4-7,13,17,20H,8-12H2,1-3H3. The van der Waals surface area contributed by atoms with E-state index in [0.29, 0.717) is 6.10 Å². The van der Waals surface area contributed by atoms with Crippen molar-refractivity contribution in [1.82, 2.24) is 14.9 Å². The first-order valence-corrected chi connectivity index (χ1v) is 8.58. The number of aryl methyl sites for hydroxylation is 2. The smallest absolute Gasteiger partial charge is 0.213 e. The summed E-state index contributed by atoms with van der Waals surface area (Å²) in [4.78, 5) is 11.3. The lowest BCUT2D eigenvalue weighted by Crippen LogP contribution is -2.35. The van der Waals surface area contributed by atoms with E-state index in [0.717, 1.165) is 61.0 Å². The molecule has 0 unspecified atom stereocenters. The summed E-state index contributed by atoms with van der Waals surface area (Å²) < 4.78 is 5.99. The molecule has 2 aromatic rings. The largest absolute Gasteiger partial charge is 0.474 e. The van der Waals surface area contributed by atoms with Crippen LogP contribution in [-0.4, -0.2) is 41.1 Å². The predicted octanol–water partition coefficient (Wildman–Crippen LogP) is 3.18. The zero-order chi connectivity index (χ0) is 16.9. The molecule has 0 saturated carbocycles. The Kier molecular flexibility index (Phi) is 5.30. The maximum atomic E-state index is 5.99. The van der Waals surface area contributed by atoms with E-state index in [1.54, 1.807) is 0 Å². The van der Waals surface area contributed by atoms with Crippen molar-refractivity contribution in [1.29, 1.82) is 0 Å². The molecule has 1 aliphatic rings. The molecule has 0 spiro atoms. The van der Waals surface area contributed by atoms with Crippen LogP contribution < -0.4 is 10.1 Å². The van der Waals surface area contributed by atoms with Crippen LogP contribution in [0.1, 0.15) is 29.8 Å². The van der Waals surface area contributed by atoms with Gasteiger partial charge in [0.05, 0.1) is 11.4 Å². The van der Waals surface area contributed by atoms with Gasteiger partial charge in [-0.1, -0.05) is 6.07 Å². The molecule has 3 heterocycles. The highest BCUT2D eigenvalue weighted by Crippen LogP contribution is 2.18. The van der Waals surface area contributed by atoms with Crippen LogP contribution in [0.15, 0.2) is 30.5 Å². The van der Waals surface area contributed by atoms with Crippen LogP contribution >= 0.6 is 0 Å². The van der Waals surface area contributed by atoms with Gasteiger partial charge in [0.15, 0.2) is 0 Å². The third kappa shape index (κ3) is 4.45. The Balaban J connectivity index is 1.52. The Hall–Kier alpha value is -2.14. The molecular formula is C19H26N4O. The molecule has 0 amide bonds. The number of hydrogen-bond acceptors (Lipinski definition) is 5. The number of anilines is 1. The summed E-state index contributed by atoms with van der Waals surface area (Å²) in [7, 11) is 2.15. The summed E-state index contributed by atoms with van der Waals surface area (Å²) in [5.74, 6) is 0.724. The number of piperidine rings is 1. The fraction of sp³-hybridized carbons (Fsp3) is 0.474. The van der Waals surface area contributed by atoms with Crippen LogP contribution in [0.25, 0.3) is 0 Å². The van der Waals surface area contributed by atoms with E-state index >= 15 is 0 Å². The van der Waals surface area contributed by atoms with Crippen molar-refractivity contribution in [3.8, 4) is 5.88 Å². The van der Waals surface area contributed by atoms with E-state index in [9.17, 15) is 0 Å². The number of nitrogens with zero attached hydrogens (tertiary/aromatic N) is 3. The Morgan fingerprint density at radius 2 is 1.96 bits per heavy atom. The molecule has 0 aliphatic carbocycles. The Bertz CT molecular complexity index is 664. The second kappa shape index (κ2) is 7.62. The minimum atomic E-state index is 0.291. The van der Waals surface area contributed by atoms with Crippen LogP contribution in [0, 0.1) is 13.8 Å². The van der Waals surface area contributed by atoms with Crippen molar-refractivity contribution < 1.29 is 4.74 Å². The van der Waals surface area contributed by atoms with Crippen LogP contribution in [0.3, 0.4) is 0 Å². The average Bonchev–Trinajstić information content (AvgIpc) is 2.57. The summed E-state index contributed by atoms with van der Waals surface area (Å²) >= 11 is 0. The molecule has 0 radical (unpaired) electrons. The van der Waals surface area contributed by atoms with Gasteiger partial charge < -0.3 is 15.0 Å². The maximum absolute atomic E-state index is 5.99. The Morgan fingerprint density at radius 3 is 2.62 bits per heavy atom. The van der Waals surface area contributed by atoms with Crippen LogP contribution in [0.4, 0.5) is 5.69 Å². The van der Waals surface area contributed by atoms with Crippen LogP contribution in [0.2, 0.25) is 0 Å². The highest BCUT2D eigenvalue weighted by atomic mass is 16.5. The van der Waals surface area contributed by atoms with E-state index in [2.05, 4.69) is 39.4 Å². The van der Waals surface area contributed by atoms with Gasteiger partial charge in [0, 0.05) is 37.6 Å². The molecule has 5 heteroatoms. The first-order chi connectivity index (χ1) is 11.6. The molecule has 3 rings (SSSR count). The quantitative estimate of drug-likeness (QED) is 0.914. The second-order valence-corrected chi connectivity index (χ2v) is 6.56. The van der Waals surface area contributed by atoms with Crippen molar-refractivity contribution in [2.24, 2.45) is 0 Å². The predicted molar refractivity (Wildman–Crippen MR) is 96.4 cm³/mol. The first kappa shape index (κ1) is 16.7. The third-order valence-electron chi connectivity index (χ3n) is 4.46. The molecule has 0 atom stereocenters. The fourth-order valence-corrected chi connectivity index (χ4v) is 2.93. The van der Waals surface area contributed by atoms with Gasteiger partial charge in [-0.05, 0) is 51.4 Å². The molecule has 1 fully saturated rings. The van der Waals surface area contributed by atoms with Gasteiger partial charge in [0.25, 0.3) is 0 Å². The molecule has 24 heavy (non-hydrogen) atoms. The minimum absolute atomic E-state index is 0.291. The van der Waals surface area contributed by atoms with Gasteiger partial charge >= 0.3 is 0 Å². The summed E-state index contributed by atoms with van der Waals surface area (Å²) in [6.07, 6.45) is 4.32. The molecule has 1 saturated heterocycles.